The molecule has 0 amide bonds. The molecule has 0 radical (unpaired) electrons. The van der Waals surface area contributed by atoms with Crippen molar-refractivity contribution in [2.24, 2.45) is 0 Å². The van der Waals surface area contributed by atoms with Crippen molar-refractivity contribution in [1.29, 1.82) is 0 Å². The summed E-state index contributed by atoms with van der Waals surface area (Å²) in [7, 11) is 4.07. The van der Waals surface area contributed by atoms with Crippen LogP contribution in [0.15, 0.2) is 18.3 Å². The van der Waals surface area contributed by atoms with Gasteiger partial charge in [-0.1, -0.05) is 0 Å². The van der Waals surface area contributed by atoms with Crippen LogP contribution in [0, 0.1) is 0 Å². The number of morpholine rings is 1. The number of ether oxygens (including phenoxy) is 1. The van der Waals surface area contributed by atoms with Gasteiger partial charge in [-0.05, 0) is 25.0 Å². The first-order valence-corrected chi connectivity index (χ1v) is 7.42. The van der Waals surface area contributed by atoms with Gasteiger partial charge < -0.3 is 19.9 Å². The van der Waals surface area contributed by atoms with Crippen molar-refractivity contribution in [3.8, 4) is 0 Å². The van der Waals surface area contributed by atoms with Gasteiger partial charge in [-0.15, -0.1) is 0 Å². The average Bonchev–Trinajstić information content (AvgIpc) is 2.48. The maximum absolute atomic E-state index is 6.08. The van der Waals surface area contributed by atoms with Gasteiger partial charge in [0.1, 0.15) is 5.82 Å². The molecule has 3 heterocycles. The largest absolute Gasteiger partial charge is 0.376 e. The van der Waals surface area contributed by atoms with Crippen LogP contribution in [0.4, 0.5) is 11.5 Å². The van der Waals surface area contributed by atoms with Crippen LogP contribution in [-0.2, 0) is 4.74 Å². The van der Waals surface area contributed by atoms with Crippen molar-refractivity contribution in [3.05, 3.63) is 18.3 Å². The van der Waals surface area contributed by atoms with Crippen LogP contribution in [0.25, 0.3) is 0 Å². The summed E-state index contributed by atoms with van der Waals surface area (Å²) in [6, 6.07) is 4.24. The summed E-state index contributed by atoms with van der Waals surface area (Å²) in [6.07, 6.45) is 4.25. The van der Waals surface area contributed by atoms with Gasteiger partial charge in [-0.3, -0.25) is 0 Å². The number of anilines is 2. The molecule has 1 spiro atoms. The molecule has 2 aliphatic rings. The van der Waals surface area contributed by atoms with E-state index in [1.807, 2.05) is 20.3 Å². The third-order valence-electron chi connectivity index (χ3n) is 4.25. The molecule has 2 aliphatic heterocycles. The Kier molecular flexibility index (Phi) is 3.81. The standard InChI is InChI=1S/C15H24N4O/c1-18(2)13-4-5-14(17-10-13)19-8-3-6-15(12-19)11-16-7-9-20-15/h4-5,10,16H,3,6-9,11-12H2,1-2H3. The zero-order chi connectivity index (χ0) is 14.0. The maximum Gasteiger partial charge on any atom is 0.128 e. The lowest BCUT2D eigenvalue weighted by molar-refractivity contribution is -0.0726. The van der Waals surface area contributed by atoms with E-state index in [2.05, 4.69) is 32.2 Å². The number of piperidine rings is 1. The molecular formula is C15H24N4O. The van der Waals surface area contributed by atoms with E-state index in [4.69, 9.17) is 4.74 Å². The molecule has 1 aromatic rings. The number of nitrogens with zero attached hydrogens (tertiary/aromatic N) is 3. The topological polar surface area (TPSA) is 40.6 Å². The molecule has 2 fully saturated rings. The monoisotopic (exact) mass is 276 g/mol. The molecule has 0 bridgehead atoms. The summed E-state index contributed by atoms with van der Waals surface area (Å²) >= 11 is 0. The van der Waals surface area contributed by atoms with E-state index in [0.29, 0.717) is 0 Å². The van der Waals surface area contributed by atoms with E-state index < -0.39 is 0 Å². The third-order valence-corrected chi connectivity index (χ3v) is 4.25. The normalized spacial score (nSPS) is 26.8. The summed E-state index contributed by atoms with van der Waals surface area (Å²) in [6.45, 7) is 4.76. The van der Waals surface area contributed by atoms with E-state index in [-0.39, 0.29) is 5.60 Å². The van der Waals surface area contributed by atoms with Gasteiger partial charge in [0.25, 0.3) is 0 Å². The van der Waals surface area contributed by atoms with E-state index in [1.54, 1.807) is 0 Å². The van der Waals surface area contributed by atoms with Crippen LogP contribution in [0.1, 0.15) is 12.8 Å². The molecule has 1 aromatic heterocycles. The quantitative estimate of drug-likeness (QED) is 0.876. The number of pyridine rings is 1. The molecule has 0 aliphatic carbocycles. The lowest BCUT2D eigenvalue weighted by Gasteiger charge is -2.45. The Labute approximate surface area is 120 Å². The summed E-state index contributed by atoms with van der Waals surface area (Å²) in [5.41, 5.74) is 1.12. The second-order valence-electron chi connectivity index (χ2n) is 6.00. The summed E-state index contributed by atoms with van der Waals surface area (Å²) in [5, 5.41) is 3.46. The SMILES string of the molecule is CN(C)c1ccc(N2CCCC3(CNCCO3)C2)nc1. The molecule has 3 rings (SSSR count). The van der Waals surface area contributed by atoms with Gasteiger partial charge in [0.05, 0.1) is 24.1 Å². The summed E-state index contributed by atoms with van der Waals surface area (Å²) in [4.78, 5) is 9.04. The smallest absolute Gasteiger partial charge is 0.128 e. The number of rotatable bonds is 2. The molecule has 20 heavy (non-hydrogen) atoms. The predicted octanol–water partition coefficient (Wildman–Crippen LogP) is 1.11. The van der Waals surface area contributed by atoms with E-state index in [1.165, 1.54) is 6.42 Å². The Hall–Kier alpha value is -1.33. The lowest BCUT2D eigenvalue weighted by Crippen LogP contribution is -2.59. The second-order valence-corrected chi connectivity index (χ2v) is 6.00. The fourth-order valence-electron chi connectivity index (χ4n) is 3.09. The minimum atomic E-state index is -0.0155. The minimum Gasteiger partial charge on any atom is -0.376 e. The van der Waals surface area contributed by atoms with E-state index >= 15 is 0 Å². The second kappa shape index (κ2) is 5.58. The minimum absolute atomic E-state index is 0.0155. The van der Waals surface area contributed by atoms with Gasteiger partial charge >= 0.3 is 0 Å². The van der Waals surface area contributed by atoms with Crippen molar-refractivity contribution in [3.63, 3.8) is 0 Å². The van der Waals surface area contributed by atoms with Crippen LogP contribution in [-0.4, -0.2) is 57.5 Å². The Bertz CT molecular complexity index is 434. The van der Waals surface area contributed by atoms with E-state index in [0.717, 1.165) is 50.7 Å². The van der Waals surface area contributed by atoms with Crippen molar-refractivity contribution in [2.45, 2.75) is 18.4 Å². The van der Waals surface area contributed by atoms with Crippen molar-refractivity contribution < 1.29 is 4.74 Å². The Balaban J connectivity index is 1.73. The first kappa shape index (κ1) is 13.6. The predicted molar refractivity (Wildman–Crippen MR) is 81.6 cm³/mol. The van der Waals surface area contributed by atoms with Crippen molar-refractivity contribution in [1.82, 2.24) is 10.3 Å². The maximum atomic E-state index is 6.08. The Morgan fingerprint density at radius 3 is 2.95 bits per heavy atom. The first-order valence-electron chi connectivity index (χ1n) is 7.42. The number of aromatic nitrogens is 1. The van der Waals surface area contributed by atoms with Gasteiger partial charge in [-0.25, -0.2) is 4.98 Å². The van der Waals surface area contributed by atoms with Gasteiger partial charge in [0.2, 0.25) is 0 Å². The molecule has 1 unspecified atom stereocenters. The van der Waals surface area contributed by atoms with Crippen LogP contribution >= 0.6 is 0 Å². The highest BCUT2D eigenvalue weighted by atomic mass is 16.5. The molecule has 110 valence electrons. The van der Waals surface area contributed by atoms with Crippen LogP contribution in [0.2, 0.25) is 0 Å². The molecule has 0 aromatic carbocycles. The summed E-state index contributed by atoms with van der Waals surface area (Å²) in [5.74, 6) is 1.06. The Morgan fingerprint density at radius 2 is 2.30 bits per heavy atom. The molecular weight excluding hydrogens is 252 g/mol. The van der Waals surface area contributed by atoms with Crippen molar-refractivity contribution >= 4 is 11.5 Å². The van der Waals surface area contributed by atoms with Gasteiger partial charge in [0.15, 0.2) is 0 Å². The number of hydrogen-bond donors (Lipinski definition) is 1. The third kappa shape index (κ3) is 2.74. The zero-order valence-corrected chi connectivity index (χ0v) is 12.4. The highest BCUT2D eigenvalue weighted by Crippen LogP contribution is 2.29. The zero-order valence-electron chi connectivity index (χ0n) is 12.4. The molecule has 5 nitrogen and oxygen atoms in total. The van der Waals surface area contributed by atoms with E-state index in [9.17, 15) is 0 Å². The average molecular weight is 276 g/mol. The van der Waals surface area contributed by atoms with Crippen LogP contribution < -0.4 is 15.1 Å². The van der Waals surface area contributed by atoms with Gasteiger partial charge in [-0.2, -0.15) is 0 Å². The molecule has 1 atom stereocenters. The first-order chi connectivity index (χ1) is 9.69. The fraction of sp³-hybridized carbons (Fsp3) is 0.667. The highest BCUT2D eigenvalue weighted by Gasteiger charge is 2.38. The number of nitrogens with one attached hydrogen (secondary N) is 1. The molecule has 5 heteroatoms. The summed E-state index contributed by atoms with van der Waals surface area (Å²) < 4.78 is 6.08. The molecule has 0 saturated carbocycles. The van der Waals surface area contributed by atoms with Gasteiger partial charge in [0, 0.05) is 40.3 Å². The lowest BCUT2D eigenvalue weighted by atomic mass is 9.91. The molecule has 2 saturated heterocycles. The number of hydrogen-bond acceptors (Lipinski definition) is 5. The van der Waals surface area contributed by atoms with Crippen LogP contribution in [0.5, 0.6) is 0 Å². The molecule has 1 N–H and O–H groups in total. The van der Waals surface area contributed by atoms with Crippen LogP contribution in [0.3, 0.4) is 0 Å². The fourth-order valence-corrected chi connectivity index (χ4v) is 3.09. The Morgan fingerprint density at radius 1 is 1.40 bits per heavy atom. The highest BCUT2D eigenvalue weighted by molar-refractivity contribution is 5.50. The van der Waals surface area contributed by atoms with Crippen molar-refractivity contribution in [2.75, 3.05) is 56.7 Å².